The Morgan fingerprint density at radius 1 is 1.21 bits per heavy atom. The molecule has 0 saturated heterocycles. The first kappa shape index (κ1) is 18.9. The number of aryl methyl sites for hydroxylation is 1. The number of carbonyl (C=O) groups is 1. The van der Waals surface area contributed by atoms with E-state index in [1.54, 1.807) is 6.07 Å². The Balaban J connectivity index is 1.87. The molecule has 0 aliphatic carbocycles. The molecule has 128 valence electrons. The lowest BCUT2D eigenvalue weighted by atomic mass is 10.1. The van der Waals surface area contributed by atoms with Crippen LogP contribution in [0.15, 0.2) is 51.8 Å². The Morgan fingerprint density at radius 3 is 2.62 bits per heavy atom. The molecule has 0 fully saturated rings. The third-order valence-electron chi connectivity index (χ3n) is 3.24. The van der Waals surface area contributed by atoms with Crippen molar-refractivity contribution in [3.63, 3.8) is 0 Å². The zero-order valence-electron chi connectivity index (χ0n) is 12.8. The van der Waals surface area contributed by atoms with E-state index in [1.807, 2.05) is 25.1 Å². The number of amides is 1. The van der Waals surface area contributed by atoms with Gasteiger partial charge in [0.15, 0.2) is 0 Å². The Hall–Kier alpha value is -1.47. The molecule has 0 atom stereocenters. The van der Waals surface area contributed by atoms with E-state index in [0.717, 1.165) is 27.1 Å². The molecule has 0 aliphatic heterocycles. The molecule has 2 rings (SSSR count). The number of rotatable bonds is 5. The van der Waals surface area contributed by atoms with Crippen molar-refractivity contribution in [3.8, 4) is 0 Å². The van der Waals surface area contributed by atoms with E-state index in [2.05, 4.69) is 21.2 Å². The van der Waals surface area contributed by atoms with Crippen molar-refractivity contribution in [2.75, 3.05) is 5.75 Å². The first-order valence-electron chi connectivity index (χ1n) is 7.07. The highest BCUT2D eigenvalue weighted by atomic mass is 79.9. The molecule has 0 spiro atoms. The van der Waals surface area contributed by atoms with Crippen LogP contribution in [0.4, 0.5) is 13.2 Å². The van der Waals surface area contributed by atoms with Crippen molar-refractivity contribution in [1.29, 1.82) is 0 Å². The summed E-state index contributed by atoms with van der Waals surface area (Å²) in [5.74, 6) is -0.0127. The summed E-state index contributed by atoms with van der Waals surface area (Å²) in [4.78, 5) is 12.9. The van der Waals surface area contributed by atoms with E-state index in [4.69, 9.17) is 0 Å². The Bertz CT molecular complexity index is 734. The van der Waals surface area contributed by atoms with Crippen molar-refractivity contribution >= 4 is 33.6 Å². The number of halogens is 4. The van der Waals surface area contributed by atoms with Crippen molar-refractivity contribution in [2.45, 2.75) is 24.5 Å². The lowest BCUT2D eigenvalue weighted by Gasteiger charge is -2.10. The van der Waals surface area contributed by atoms with Crippen molar-refractivity contribution in [3.05, 3.63) is 63.6 Å². The summed E-state index contributed by atoms with van der Waals surface area (Å²) in [6.07, 6.45) is -4.38. The van der Waals surface area contributed by atoms with Crippen LogP contribution in [0.5, 0.6) is 0 Å². The third kappa shape index (κ3) is 5.56. The average molecular weight is 418 g/mol. The largest absolute Gasteiger partial charge is 0.416 e. The summed E-state index contributed by atoms with van der Waals surface area (Å²) in [7, 11) is 0. The standard InChI is InChI=1S/C17H15BrF3NOS/c1-11-7-14(18)5-6-15(11)24-10-16(23)22-9-12-3-2-4-13(8-12)17(19,20)21/h2-8H,9-10H2,1H3,(H,22,23). The number of nitrogens with one attached hydrogen (secondary N) is 1. The third-order valence-corrected chi connectivity index (χ3v) is 4.91. The fourth-order valence-electron chi connectivity index (χ4n) is 2.03. The molecule has 0 aromatic heterocycles. The molecule has 0 radical (unpaired) electrons. The maximum absolute atomic E-state index is 12.6. The molecule has 0 bridgehead atoms. The molecule has 0 unspecified atom stereocenters. The molecule has 2 nitrogen and oxygen atoms in total. The highest BCUT2D eigenvalue weighted by Crippen LogP contribution is 2.29. The van der Waals surface area contributed by atoms with Gasteiger partial charge in [0.2, 0.25) is 5.91 Å². The van der Waals surface area contributed by atoms with Crippen LogP contribution in [0.2, 0.25) is 0 Å². The summed E-state index contributed by atoms with van der Waals surface area (Å²) in [6.45, 7) is 2.02. The molecule has 1 amide bonds. The van der Waals surface area contributed by atoms with Gasteiger partial charge in [0.05, 0.1) is 11.3 Å². The molecule has 7 heteroatoms. The molecule has 0 saturated carbocycles. The average Bonchev–Trinajstić information content (AvgIpc) is 2.51. The van der Waals surface area contributed by atoms with Gasteiger partial charge in [-0.25, -0.2) is 0 Å². The second-order valence-corrected chi connectivity index (χ2v) is 7.11. The molecule has 24 heavy (non-hydrogen) atoms. The van der Waals surface area contributed by atoms with Gasteiger partial charge in [-0.1, -0.05) is 28.1 Å². The normalized spacial score (nSPS) is 11.4. The van der Waals surface area contributed by atoms with Gasteiger partial charge in [-0.05, 0) is 48.4 Å². The zero-order valence-corrected chi connectivity index (χ0v) is 15.2. The summed E-state index contributed by atoms with van der Waals surface area (Å²) >= 11 is 4.77. The monoisotopic (exact) mass is 417 g/mol. The lowest BCUT2D eigenvalue weighted by Crippen LogP contribution is -2.24. The summed E-state index contributed by atoms with van der Waals surface area (Å²) in [6, 6.07) is 10.7. The van der Waals surface area contributed by atoms with Crippen LogP contribution in [0.1, 0.15) is 16.7 Å². The minimum Gasteiger partial charge on any atom is -0.351 e. The summed E-state index contributed by atoms with van der Waals surface area (Å²) in [5, 5.41) is 2.64. The van der Waals surface area contributed by atoms with Gasteiger partial charge in [0.1, 0.15) is 0 Å². The number of alkyl halides is 3. The first-order chi connectivity index (χ1) is 11.3. The SMILES string of the molecule is Cc1cc(Br)ccc1SCC(=O)NCc1cccc(C(F)(F)F)c1. The lowest BCUT2D eigenvalue weighted by molar-refractivity contribution is -0.137. The number of hydrogen-bond acceptors (Lipinski definition) is 2. The topological polar surface area (TPSA) is 29.1 Å². The van der Waals surface area contributed by atoms with Gasteiger partial charge in [-0.3, -0.25) is 4.79 Å². The highest BCUT2D eigenvalue weighted by Gasteiger charge is 2.30. The maximum Gasteiger partial charge on any atom is 0.416 e. The van der Waals surface area contributed by atoms with Crippen LogP contribution >= 0.6 is 27.7 Å². The van der Waals surface area contributed by atoms with E-state index in [9.17, 15) is 18.0 Å². The molecule has 1 N–H and O–H groups in total. The van der Waals surface area contributed by atoms with E-state index < -0.39 is 11.7 Å². The molecule has 0 heterocycles. The minimum absolute atomic E-state index is 0.0721. The number of benzene rings is 2. The van der Waals surface area contributed by atoms with Gasteiger partial charge in [-0.15, -0.1) is 11.8 Å². The minimum atomic E-state index is -4.38. The fourth-order valence-corrected chi connectivity index (χ4v) is 3.34. The van der Waals surface area contributed by atoms with Crippen LogP contribution < -0.4 is 5.32 Å². The van der Waals surface area contributed by atoms with Crippen LogP contribution in [0.25, 0.3) is 0 Å². The van der Waals surface area contributed by atoms with Crippen LogP contribution in [0.3, 0.4) is 0 Å². The van der Waals surface area contributed by atoms with Crippen molar-refractivity contribution < 1.29 is 18.0 Å². The maximum atomic E-state index is 12.6. The van der Waals surface area contributed by atoms with Crippen LogP contribution in [-0.2, 0) is 17.5 Å². The van der Waals surface area contributed by atoms with Crippen LogP contribution in [-0.4, -0.2) is 11.7 Å². The van der Waals surface area contributed by atoms with Gasteiger partial charge in [0, 0.05) is 15.9 Å². The van der Waals surface area contributed by atoms with E-state index in [1.165, 1.54) is 17.8 Å². The second-order valence-electron chi connectivity index (χ2n) is 5.17. The number of thioether (sulfide) groups is 1. The second kappa shape index (κ2) is 8.07. The van der Waals surface area contributed by atoms with Crippen LogP contribution in [0, 0.1) is 6.92 Å². The van der Waals surface area contributed by atoms with E-state index in [-0.39, 0.29) is 18.2 Å². The Labute approximate surface area is 151 Å². The Kier molecular flexibility index (Phi) is 6.34. The van der Waals surface area contributed by atoms with Crippen molar-refractivity contribution in [1.82, 2.24) is 5.32 Å². The Morgan fingerprint density at radius 2 is 1.96 bits per heavy atom. The molecule has 0 aliphatic rings. The van der Waals surface area contributed by atoms with Gasteiger partial charge in [0.25, 0.3) is 0 Å². The molecule has 2 aromatic carbocycles. The van der Waals surface area contributed by atoms with Gasteiger partial charge >= 0.3 is 6.18 Å². The summed E-state index contributed by atoms with van der Waals surface area (Å²) in [5.41, 5.74) is 0.761. The quantitative estimate of drug-likeness (QED) is 0.678. The summed E-state index contributed by atoms with van der Waals surface area (Å²) < 4.78 is 38.9. The van der Waals surface area contributed by atoms with Gasteiger partial charge < -0.3 is 5.32 Å². The predicted octanol–water partition coefficient (Wildman–Crippen LogP) is 5.18. The predicted molar refractivity (Wildman–Crippen MR) is 92.9 cm³/mol. The molecular weight excluding hydrogens is 403 g/mol. The molecular formula is C17H15BrF3NOS. The van der Waals surface area contributed by atoms with Crippen molar-refractivity contribution in [2.24, 2.45) is 0 Å². The highest BCUT2D eigenvalue weighted by molar-refractivity contribution is 9.10. The van der Waals surface area contributed by atoms with E-state index >= 15 is 0 Å². The molecule has 2 aromatic rings. The fraction of sp³-hybridized carbons (Fsp3) is 0.235. The van der Waals surface area contributed by atoms with Gasteiger partial charge in [-0.2, -0.15) is 13.2 Å². The smallest absolute Gasteiger partial charge is 0.351 e. The number of hydrogen-bond donors (Lipinski definition) is 1. The zero-order chi connectivity index (χ0) is 17.7. The first-order valence-corrected chi connectivity index (χ1v) is 8.85. The van der Waals surface area contributed by atoms with E-state index in [0.29, 0.717) is 5.56 Å². The number of carbonyl (C=O) groups excluding carboxylic acids is 1.